The van der Waals surface area contributed by atoms with Gasteiger partial charge in [-0.3, -0.25) is 4.79 Å². The summed E-state index contributed by atoms with van der Waals surface area (Å²) in [6.45, 7) is 1.69. The highest BCUT2D eigenvalue weighted by Gasteiger charge is 2.26. The molecule has 0 heterocycles. The molecule has 0 saturated heterocycles. The molecule has 0 aromatic heterocycles. The van der Waals surface area contributed by atoms with Gasteiger partial charge in [-0.25, -0.2) is 4.39 Å². The number of benzene rings is 1. The van der Waals surface area contributed by atoms with Crippen molar-refractivity contribution in [3.8, 4) is 0 Å². The molecule has 1 N–H and O–H groups in total. The van der Waals surface area contributed by atoms with E-state index in [-0.39, 0.29) is 22.3 Å². The lowest BCUT2D eigenvalue weighted by Crippen LogP contribution is -2.49. The van der Waals surface area contributed by atoms with Crippen molar-refractivity contribution in [2.45, 2.75) is 12.5 Å². The highest BCUT2D eigenvalue weighted by molar-refractivity contribution is 6.34. The van der Waals surface area contributed by atoms with Crippen LogP contribution in [-0.4, -0.2) is 23.2 Å². The molecule has 0 atom stereocenters. The van der Waals surface area contributed by atoms with Crippen LogP contribution in [0.5, 0.6) is 0 Å². The van der Waals surface area contributed by atoms with Crippen molar-refractivity contribution in [1.82, 2.24) is 5.32 Å². The van der Waals surface area contributed by atoms with Crippen molar-refractivity contribution in [2.24, 2.45) is 0 Å². The summed E-state index contributed by atoms with van der Waals surface area (Å²) in [7, 11) is 0. The van der Waals surface area contributed by atoms with Crippen LogP contribution in [0.3, 0.4) is 0 Å². The Morgan fingerprint density at radius 2 is 2.00 bits per heavy atom. The fraction of sp³-hybridized carbons (Fsp3) is 0.364. The first kappa shape index (κ1) is 14.6. The maximum absolute atomic E-state index is 13.2. The average molecular weight is 299 g/mol. The van der Waals surface area contributed by atoms with Crippen LogP contribution >= 0.6 is 34.8 Å². The first-order chi connectivity index (χ1) is 7.93. The van der Waals surface area contributed by atoms with Crippen molar-refractivity contribution in [2.75, 3.05) is 11.8 Å². The van der Waals surface area contributed by atoms with Gasteiger partial charge in [0.1, 0.15) is 5.82 Å². The number of carbonyl (C=O) groups excluding carboxylic acids is 1. The lowest BCUT2D eigenvalue weighted by Gasteiger charge is -2.26. The second kappa shape index (κ2) is 5.89. The van der Waals surface area contributed by atoms with Crippen LogP contribution in [0.25, 0.3) is 0 Å². The SMILES string of the molecule is CC(CCl)(CCl)NC(=O)c1cccc(F)c1Cl. The van der Waals surface area contributed by atoms with Crippen molar-refractivity contribution < 1.29 is 9.18 Å². The van der Waals surface area contributed by atoms with Gasteiger partial charge in [0.2, 0.25) is 0 Å². The Morgan fingerprint density at radius 1 is 1.41 bits per heavy atom. The van der Waals surface area contributed by atoms with Gasteiger partial charge in [0.15, 0.2) is 0 Å². The number of alkyl halides is 2. The molecular formula is C11H11Cl3FNO. The van der Waals surface area contributed by atoms with Crippen LogP contribution in [0.2, 0.25) is 5.02 Å². The molecule has 94 valence electrons. The smallest absolute Gasteiger partial charge is 0.253 e. The molecule has 0 aliphatic heterocycles. The lowest BCUT2D eigenvalue weighted by molar-refractivity contribution is 0.0921. The summed E-state index contributed by atoms with van der Waals surface area (Å²) >= 11 is 17.1. The van der Waals surface area contributed by atoms with E-state index in [1.807, 2.05) is 0 Å². The number of hydrogen-bond acceptors (Lipinski definition) is 1. The van der Waals surface area contributed by atoms with Gasteiger partial charge in [0, 0.05) is 11.8 Å². The Labute approximate surface area is 114 Å². The maximum Gasteiger partial charge on any atom is 0.253 e. The first-order valence-electron chi connectivity index (χ1n) is 4.82. The summed E-state index contributed by atoms with van der Waals surface area (Å²) in [6.07, 6.45) is 0. The lowest BCUT2D eigenvalue weighted by atomic mass is 10.1. The molecule has 0 radical (unpaired) electrons. The zero-order valence-electron chi connectivity index (χ0n) is 9.07. The molecule has 0 aliphatic rings. The molecule has 0 bridgehead atoms. The molecule has 0 aliphatic carbocycles. The van der Waals surface area contributed by atoms with Gasteiger partial charge in [0.25, 0.3) is 5.91 Å². The third-order valence-corrected chi connectivity index (χ3v) is 3.77. The summed E-state index contributed by atoms with van der Waals surface area (Å²) in [4.78, 5) is 11.9. The predicted molar refractivity (Wildman–Crippen MR) is 68.7 cm³/mol. The summed E-state index contributed by atoms with van der Waals surface area (Å²) in [5, 5.41) is 2.41. The molecule has 0 unspecified atom stereocenters. The van der Waals surface area contributed by atoms with Gasteiger partial charge in [-0.15, -0.1) is 23.2 Å². The Morgan fingerprint density at radius 3 is 2.53 bits per heavy atom. The number of halogens is 4. The molecule has 1 rings (SSSR count). The number of hydrogen-bond donors (Lipinski definition) is 1. The predicted octanol–water partition coefficient (Wildman–Crippen LogP) is 3.45. The first-order valence-corrected chi connectivity index (χ1v) is 6.26. The van der Waals surface area contributed by atoms with Crippen LogP contribution in [0.15, 0.2) is 18.2 Å². The van der Waals surface area contributed by atoms with E-state index in [2.05, 4.69) is 5.32 Å². The molecule has 0 spiro atoms. The molecule has 0 fully saturated rings. The Hall–Kier alpha value is -0.510. The highest BCUT2D eigenvalue weighted by Crippen LogP contribution is 2.20. The van der Waals surface area contributed by atoms with Crippen molar-refractivity contribution in [3.63, 3.8) is 0 Å². The third kappa shape index (κ3) is 3.47. The third-order valence-electron chi connectivity index (χ3n) is 2.20. The molecule has 1 aromatic carbocycles. The van der Waals surface area contributed by atoms with E-state index in [0.717, 1.165) is 0 Å². The zero-order chi connectivity index (χ0) is 13.1. The van der Waals surface area contributed by atoms with Gasteiger partial charge in [-0.2, -0.15) is 0 Å². The Kier molecular flexibility index (Phi) is 5.04. The van der Waals surface area contributed by atoms with Gasteiger partial charge >= 0.3 is 0 Å². The monoisotopic (exact) mass is 297 g/mol. The molecule has 6 heteroatoms. The van der Waals surface area contributed by atoms with Crippen molar-refractivity contribution in [1.29, 1.82) is 0 Å². The van der Waals surface area contributed by atoms with E-state index in [9.17, 15) is 9.18 Å². The Balaban J connectivity index is 2.94. The van der Waals surface area contributed by atoms with E-state index < -0.39 is 17.3 Å². The topological polar surface area (TPSA) is 29.1 Å². The minimum absolute atomic E-state index is 0.0631. The number of amides is 1. The summed E-state index contributed by atoms with van der Waals surface area (Å²) in [5.74, 6) is -0.847. The summed E-state index contributed by atoms with van der Waals surface area (Å²) in [5.41, 5.74) is -0.691. The number of nitrogens with one attached hydrogen (secondary N) is 1. The molecule has 1 amide bonds. The molecule has 2 nitrogen and oxygen atoms in total. The standard InChI is InChI=1S/C11H11Cl3FNO/c1-11(5-12,6-13)16-10(17)7-3-2-4-8(15)9(7)14/h2-4H,5-6H2,1H3,(H,16,17). The second-order valence-corrected chi connectivity index (χ2v) is 4.80. The van der Waals surface area contributed by atoms with Gasteiger partial charge in [-0.05, 0) is 19.1 Å². The minimum Gasteiger partial charge on any atom is -0.344 e. The normalized spacial score (nSPS) is 11.4. The van der Waals surface area contributed by atoms with E-state index in [1.165, 1.54) is 18.2 Å². The van der Waals surface area contributed by atoms with Crippen molar-refractivity contribution in [3.05, 3.63) is 34.6 Å². The zero-order valence-corrected chi connectivity index (χ0v) is 11.3. The average Bonchev–Trinajstić information content (AvgIpc) is 2.32. The number of carbonyl (C=O) groups is 1. The Bertz CT molecular complexity index is 421. The molecule has 17 heavy (non-hydrogen) atoms. The number of rotatable bonds is 4. The summed E-state index contributed by atoms with van der Waals surface area (Å²) in [6, 6.07) is 4.03. The van der Waals surface area contributed by atoms with Gasteiger partial charge < -0.3 is 5.32 Å². The van der Waals surface area contributed by atoms with E-state index >= 15 is 0 Å². The quantitative estimate of drug-likeness (QED) is 0.848. The fourth-order valence-electron chi connectivity index (χ4n) is 1.12. The fourth-order valence-corrected chi connectivity index (χ4v) is 1.75. The minimum atomic E-state index is -0.754. The second-order valence-electron chi connectivity index (χ2n) is 3.88. The summed E-state index contributed by atoms with van der Waals surface area (Å²) < 4.78 is 13.2. The molecule has 0 saturated carbocycles. The van der Waals surface area contributed by atoms with E-state index in [4.69, 9.17) is 34.8 Å². The van der Waals surface area contributed by atoms with Crippen LogP contribution in [-0.2, 0) is 0 Å². The van der Waals surface area contributed by atoms with E-state index in [0.29, 0.717) is 0 Å². The van der Waals surface area contributed by atoms with E-state index in [1.54, 1.807) is 6.92 Å². The van der Waals surface area contributed by atoms with Gasteiger partial charge in [0.05, 0.1) is 16.1 Å². The van der Waals surface area contributed by atoms with Crippen LogP contribution in [0.4, 0.5) is 4.39 Å². The molecular weight excluding hydrogens is 287 g/mol. The highest BCUT2D eigenvalue weighted by atomic mass is 35.5. The van der Waals surface area contributed by atoms with Crippen molar-refractivity contribution >= 4 is 40.7 Å². The molecule has 1 aromatic rings. The van der Waals surface area contributed by atoms with Gasteiger partial charge in [-0.1, -0.05) is 17.7 Å². The van der Waals surface area contributed by atoms with Crippen LogP contribution in [0, 0.1) is 5.82 Å². The maximum atomic E-state index is 13.2. The largest absolute Gasteiger partial charge is 0.344 e. The van der Waals surface area contributed by atoms with Crippen LogP contribution < -0.4 is 5.32 Å². The van der Waals surface area contributed by atoms with Crippen LogP contribution in [0.1, 0.15) is 17.3 Å².